The second kappa shape index (κ2) is 5.09. The molecule has 2 N–H and O–H groups in total. The zero-order chi connectivity index (χ0) is 14.0. The van der Waals surface area contributed by atoms with Gasteiger partial charge in [-0.1, -0.05) is 6.07 Å². The maximum atomic E-state index is 13.5. The monoisotopic (exact) mass is 264 g/mol. The van der Waals surface area contributed by atoms with Crippen LogP contribution in [0.2, 0.25) is 0 Å². The second-order valence-corrected chi connectivity index (χ2v) is 4.14. The van der Waals surface area contributed by atoms with Crippen LogP contribution in [-0.2, 0) is 0 Å². The van der Waals surface area contributed by atoms with Gasteiger partial charge in [-0.05, 0) is 26.0 Å². The summed E-state index contributed by atoms with van der Waals surface area (Å²) >= 11 is 0. The molecule has 0 saturated heterocycles. The van der Waals surface area contributed by atoms with Crippen molar-refractivity contribution in [3.63, 3.8) is 0 Å². The first kappa shape index (κ1) is 13.1. The number of halogens is 1. The molecule has 0 radical (unpaired) electrons. The Morgan fingerprint density at radius 1 is 1.53 bits per heavy atom. The Morgan fingerprint density at radius 2 is 2.26 bits per heavy atom. The number of hydrogen-bond donors (Lipinski definition) is 2. The van der Waals surface area contributed by atoms with Crippen LogP contribution >= 0.6 is 0 Å². The quantitative estimate of drug-likeness (QED) is 0.887. The number of rotatable bonds is 4. The summed E-state index contributed by atoms with van der Waals surface area (Å²) in [4.78, 5) is 15.1. The molecule has 0 aliphatic rings. The predicted molar refractivity (Wildman–Crippen MR) is 66.6 cm³/mol. The topological polar surface area (TPSA) is 75.4 Å². The number of oxazole rings is 1. The van der Waals surface area contributed by atoms with E-state index in [1.165, 1.54) is 12.1 Å². The molecular weight excluding hydrogens is 251 g/mol. The molecule has 0 bridgehead atoms. The normalized spacial score (nSPS) is 12.2. The van der Waals surface area contributed by atoms with E-state index in [9.17, 15) is 9.18 Å². The molecule has 1 unspecified atom stereocenters. The Bertz CT molecular complexity index is 610. The van der Waals surface area contributed by atoms with Crippen molar-refractivity contribution in [3.8, 4) is 0 Å². The summed E-state index contributed by atoms with van der Waals surface area (Å²) in [7, 11) is 0. The van der Waals surface area contributed by atoms with Gasteiger partial charge in [0, 0.05) is 0 Å². The molecule has 2 rings (SSSR count). The van der Waals surface area contributed by atoms with Crippen molar-refractivity contribution < 1.29 is 18.7 Å². The molecule has 0 amide bonds. The molecule has 1 aromatic carbocycles. The molecule has 0 aliphatic heterocycles. The maximum Gasteiger partial charge on any atom is 0.340 e. The van der Waals surface area contributed by atoms with E-state index in [0.29, 0.717) is 11.7 Å². The number of anilines is 1. The van der Waals surface area contributed by atoms with Gasteiger partial charge in [0.25, 0.3) is 0 Å². The Balaban J connectivity index is 2.28. The number of aromatic nitrogens is 1. The highest BCUT2D eigenvalue weighted by Gasteiger charge is 2.19. The molecule has 0 saturated carbocycles. The summed E-state index contributed by atoms with van der Waals surface area (Å²) in [5, 5.41) is 11.9. The predicted octanol–water partition coefficient (Wildman–Crippen LogP) is 2.99. The van der Waals surface area contributed by atoms with E-state index in [2.05, 4.69) is 10.3 Å². The summed E-state index contributed by atoms with van der Waals surface area (Å²) < 4.78 is 18.8. The van der Waals surface area contributed by atoms with Gasteiger partial charge in [0.05, 0.1) is 11.9 Å². The first-order valence-electron chi connectivity index (χ1n) is 5.69. The zero-order valence-corrected chi connectivity index (χ0v) is 10.5. The number of benzene rings is 1. The highest BCUT2D eigenvalue weighted by molar-refractivity contribution is 5.94. The molecule has 19 heavy (non-hydrogen) atoms. The Hall–Kier alpha value is -2.37. The van der Waals surface area contributed by atoms with Crippen LogP contribution in [0.25, 0.3) is 0 Å². The first-order chi connectivity index (χ1) is 8.99. The minimum Gasteiger partial charge on any atom is -0.478 e. The summed E-state index contributed by atoms with van der Waals surface area (Å²) in [6.45, 7) is 3.51. The average Bonchev–Trinajstić information content (AvgIpc) is 2.75. The zero-order valence-electron chi connectivity index (χ0n) is 10.5. The molecule has 6 heteroatoms. The molecule has 1 atom stereocenters. The summed E-state index contributed by atoms with van der Waals surface area (Å²) in [6, 6.07) is 3.68. The number of carboxylic acid groups (broad SMARTS) is 1. The van der Waals surface area contributed by atoms with Crippen LogP contribution in [-0.4, -0.2) is 16.1 Å². The number of nitrogens with zero attached hydrogens (tertiary/aromatic N) is 1. The lowest BCUT2D eigenvalue weighted by Gasteiger charge is -2.14. The van der Waals surface area contributed by atoms with E-state index in [-0.39, 0.29) is 11.7 Å². The van der Waals surface area contributed by atoms with Crippen molar-refractivity contribution in [2.45, 2.75) is 19.9 Å². The van der Waals surface area contributed by atoms with Gasteiger partial charge in [0.15, 0.2) is 0 Å². The molecular formula is C13H13FN2O3. The third-order valence-electron chi connectivity index (χ3n) is 2.61. The van der Waals surface area contributed by atoms with Crippen LogP contribution in [0, 0.1) is 12.7 Å². The van der Waals surface area contributed by atoms with Gasteiger partial charge in [-0.25, -0.2) is 14.2 Å². The van der Waals surface area contributed by atoms with Crippen molar-refractivity contribution in [3.05, 3.63) is 47.4 Å². The van der Waals surface area contributed by atoms with Gasteiger partial charge < -0.3 is 14.8 Å². The fraction of sp³-hybridized carbons (Fsp3) is 0.231. The average molecular weight is 264 g/mol. The van der Waals surface area contributed by atoms with Gasteiger partial charge in [0.2, 0.25) is 5.89 Å². The molecule has 1 heterocycles. The van der Waals surface area contributed by atoms with E-state index in [0.717, 1.165) is 6.07 Å². The van der Waals surface area contributed by atoms with Crippen LogP contribution in [0.1, 0.15) is 35.0 Å². The highest BCUT2D eigenvalue weighted by Crippen LogP contribution is 2.24. The number of hydrogen-bond acceptors (Lipinski definition) is 4. The van der Waals surface area contributed by atoms with Crippen molar-refractivity contribution >= 4 is 11.7 Å². The van der Waals surface area contributed by atoms with E-state index < -0.39 is 17.3 Å². The van der Waals surface area contributed by atoms with E-state index in [4.69, 9.17) is 9.52 Å². The molecule has 0 aliphatic carbocycles. The van der Waals surface area contributed by atoms with Crippen LogP contribution in [0.3, 0.4) is 0 Å². The van der Waals surface area contributed by atoms with Crippen molar-refractivity contribution in [1.82, 2.24) is 4.98 Å². The largest absolute Gasteiger partial charge is 0.478 e. The van der Waals surface area contributed by atoms with Crippen LogP contribution in [0.5, 0.6) is 0 Å². The minimum atomic E-state index is -1.32. The lowest BCUT2D eigenvalue weighted by molar-refractivity contribution is 0.0693. The number of aryl methyl sites for hydroxylation is 1. The standard InChI is InChI=1S/C13H13FN2O3/c1-7-6-15-12(19-7)8(2)16-10-5-3-4-9(14)11(10)13(17)18/h3-6,8,16H,1-2H3,(H,17,18). The number of aromatic carboxylic acids is 1. The maximum absolute atomic E-state index is 13.5. The number of carboxylic acids is 1. The Kier molecular flexibility index (Phi) is 3.50. The molecule has 1 aromatic heterocycles. The summed E-state index contributed by atoms with van der Waals surface area (Å²) in [5.41, 5.74) is -0.200. The SMILES string of the molecule is Cc1cnc(C(C)Nc2cccc(F)c2C(=O)O)o1. The second-order valence-electron chi connectivity index (χ2n) is 4.14. The van der Waals surface area contributed by atoms with Gasteiger partial charge in [-0.15, -0.1) is 0 Å². The highest BCUT2D eigenvalue weighted by atomic mass is 19.1. The molecule has 0 spiro atoms. The first-order valence-corrected chi connectivity index (χ1v) is 5.69. The van der Waals surface area contributed by atoms with Crippen LogP contribution in [0.15, 0.2) is 28.8 Å². The molecule has 2 aromatic rings. The minimum absolute atomic E-state index is 0.191. The van der Waals surface area contributed by atoms with Crippen LogP contribution in [0.4, 0.5) is 10.1 Å². The number of nitrogens with one attached hydrogen (secondary N) is 1. The summed E-state index contributed by atoms with van der Waals surface area (Å²) in [5.74, 6) is -1.04. The van der Waals surface area contributed by atoms with Crippen molar-refractivity contribution in [2.75, 3.05) is 5.32 Å². The van der Waals surface area contributed by atoms with Gasteiger partial charge in [0.1, 0.15) is 23.2 Å². The smallest absolute Gasteiger partial charge is 0.340 e. The van der Waals surface area contributed by atoms with Gasteiger partial charge >= 0.3 is 5.97 Å². The lowest BCUT2D eigenvalue weighted by Crippen LogP contribution is -2.12. The third-order valence-corrected chi connectivity index (χ3v) is 2.61. The molecule has 100 valence electrons. The fourth-order valence-electron chi connectivity index (χ4n) is 1.73. The van der Waals surface area contributed by atoms with E-state index in [1.807, 2.05) is 0 Å². The lowest BCUT2D eigenvalue weighted by atomic mass is 10.1. The molecule has 5 nitrogen and oxygen atoms in total. The Labute approximate surface area is 109 Å². The van der Waals surface area contributed by atoms with Crippen molar-refractivity contribution in [2.24, 2.45) is 0 Å². The third kappa shape index (κ3) is 2.73. The molecule has 0 fully saturated rings. The fourth-order valence-corrected chi connectivity index (χ4v) is 1.73. The Morgan fingerprint density at radius 3 is 2.84 bits per heavy atom. The van der Waals surface area contributed by atoms with Gasteiger partial charge in [-0.2, -0.15) is 0 Å². The van der Waals surface area contributed by atoms with E-state index >= 15 is 0 Å². The van der Waals surface area contributed by atoms with Crippen molar-refractivity contribution in [1.29, 1.82) is 0 Å². The van der Waals surface area contributed by atoms with E-state index in [1.54, 1.807) is 20.0 Å². The summed E-state index contributed by atoms with van der Waals surface area (Å²) in [6.07, 6.45) is 1.57. The number of carbonyl (C=O) groups is 1. The van der Waals surface area contributed by atoms with Gasteiger partial charge in [-0.3, -0.25) is 0 Å². The van der Waals surface area contributed by atoms with Crippen LogP contribution < -0.4 is 5.32 Å².